The van der Waals surface area contributed by atoms with Crippen LogP contribution >= 0.6 is 0 Å². The summed E-state index contributed by atoms with van der Waals surface area (Å²) < 4.78 is 99.5. The second kappa shape index (κ2) is 51.7. The third kappa shape index (κ3) is 60.0. The van der Waals surface area contributed by atoms with Gasteiger partial charge < -0.3 is 0 Å². The minimum atomic E-state index is -3.96. The summed E-state index contributed by atoms with van der Waals surface area (Å²) in [6.45, 7) is 109. The van der Waals surface area contributed by atoms with Gasteiger partial charge in [0.25, 0.3) is 0 Å². The van der Waals surface area contributed by atoms with E-state index in [-0.39, 0.29) is 0 Å². The Kier molecular flexibility index (Phi) is 57.2. The fourth-order valence-corrected chi connectivity index (χ4v) is 31.2. The van der Waals surface area contributed by atoms with E-state index in [1.165, 1.54) is 99.1 Å². The first-order chi connectivity index (χ1) is 47.6. The molecule has 6 rings (SSSR count). The van der Waals surface area contributed by atoms with Crippen LogP contribution in [0.3, 0.4) is 0 Å². The van der Waals surface area contributed by atoms with Gasteiger partial charge in [0.05, 0.1) is 24.2 Å². The SMILES string of the molecule is CC(C)(C)[Si](C)(C)C.CC(C)C[Si](C)(C)C.CC(C)[Si](C)(C(C)C)C(C)C.CC[Si](C)(C)C.CC[Si](C)(CC)CC.C[Si](C)(C)C.C[Si](C)(C)C1CC2CCC1C2.C[Si](C)(C)C1CCCCC1.C[Si](C)(C)CCC(F)(F)F.C[Si](C)(C)c1c(F)c(F)c(F)c(F)c1F.C[Si](C)(C)c1ccccc1.C[Si]1(C)CCC1. The van der Waals surface area contributed by atoms with Gasteiger partial charge in [0.1, 0.15) is 0 Å². The van der Waals surface area contributed by atoms with Crippen LogP contribution in [-0.2, 0) is 0 Å². The molecule has 3 saturated carbocycles. The largest absolute Gasteiger partial charge is 0.388 e. The maximum Gasteiger partial charge on any atom is 0.388 e. The molecule has 1 saturated heterocycles. The molecule has 20 heteroatoms. The molecular weight excluding hydrogens is 1550 g/mol. The van der Waals surface area contributed by atoms with Crippen molar-refractivity contribution in [1.29, 1.82) is 0 Å². The highest BCUT2D eigenvalue weighted by molar-refractivity contribution is 6.89. The topological polar surface area (TPSA) is 0 Å². The zero-order valence-corrected chi connectivity index (χ0v) is 93.5. The Balaban J connectivity index is -0.000000265. The predicted molar refractivity (Wildman–Crippen MR) is 521 cm³/mol. The number of halogens is 8. The lowest BCUT2D eigenvalue weighted by molar-refractivity contribution is -0.130. The average Bonchev–Trinajstić information content (AvgIpc) is 1.41. The lowest BCUT2D eigenvalue weighted by atomic mass is 10.0. The third-order valence-corrected chi connectivity index (χ3v) is 60.1. The van der Waals surface area contributed by atoms with Gasteiger partial charge in [-0.05, 0) is 52.8 Å². The van der Waals surface area contributed by atoms with E-state index in [4.69, 9.17) is 0 Å². The van der Waals surface area contributed by atoms with Crippen molar-refractivity contribution in [2.24, 2.45) is 17.8 Å². The van der Waals surface area contributed by atoms with E-state index < -0.39 is 144 Å². The highest BCUT2D eigenvalue weighted by Gasteiger charge is 2.45. The number of fused-ring (bicyclic) bond motifs is 2. The minimum Gasteiger partial charge on any atom is -0.204 e. The minimum absolute atomic E-state index is 0.344. The Morgan fingerprint density at radius 2 is 0.778 bits per heavy atom. The molecule has 3 atom stereocenters. The summed E-state index contributed by atoms with van der Waals surface area (Å²) in [4.78, 5) is 0. The van der Waals surface area contributed by atoms with Crippen LogP contribution in [0.5, 0.6) is 0 Å². The van der Waals surface area contributed by atoms with Gasteiger partial charge in [-0.15, -0.1) is 0 Å². The molecule has 0 amide bonds. The smallest absolute Gasteiger partial charge is 0.204 e. The van der Waals surface area contributed by atoms with E-state index in [0.29, 0.717) is 11.1 Å². The fraction of sp³-hybridized carbons (Fsp3) is 0.864. The van der Waals surface area contributed by atoms with Crippen LogP contribution in [0.2, 0.25) is 291 Å². The molecule has 648 valence electrons. The summed E-state index contributed by atoms with van der Waals surface area (Å²) in [6, 6.07) is 21.5. The number of alkyl halides is 3. The standard InChI is InChI=1S/C10H20Si.C10H24Si.C9H9F5Si.C9H20Si.C9H14Si.3C7H18Si.C6H13F3Si.C5H12Si.C5H14Si.C4H12Si/c1-11(2,3)10-7-8-4-5-9(10)6-8;1-8(2)11(7,9(3)4)10(5)6;1-15(2,3)9-7(13)5(11)4(10)6(12)8(9)14;2*1-10(2,3)9-7-5-4-6-8-9;1-7(2)6-8(3,4)5;1-7(2,3)8(4,5)6;1-5-8(4,6-2)7-3;1-10(2,3)5-4-6(7,8)9;1-6(2)4-3-5-6;1-5-6(2,3)4;1-5(2,3)4/h8-10H,4-7H2,1-3H3;8-10H,1-7H3;1-3H3;9H,4-8H2,1-3H3;4-8H,1-3H3;7H,6H2,1-5H3;1-6H3;5-7H2,1-4H3;4-5H2,1-3H3;3-5H2,1-2H3;5H2,1-4H3;1-4H3. The molecule has 4 aliphatic rings. The lowest BCUT2D eigenvalue weighted by Gasteiger charge is -2.39. The first-order valence-corrected chi connectivity index (χ1v) is 85.3. The Morgan fingerprint density at radius 1 is 0.435 bits per heavy atom. The Hall–Kier alpha value is 0.483. The van der Waals surface area contributed by atoms with Gasteiger partial charge in [-0.3, -0.25) is 0 Å². The Labute approximate surface area is 685 Å². The van der Waals surface area contributed by atoms with E-state index in [9.17, 15) is 35.1 Å². The first kappa shape index (κ1) is 119. The summed E-state index contributed by atoms with van der Waals surface area (Å²) in [5, 5.41) is 1.46. The Bertz CT molecular complexity index is 2490. The van der Waals surface area contributed by atoms with Gasteiger partial charge in [-0.2, -0.15) is 13.2 Å². The number of hydrogen-bond donors (Lipinski definition) is 0. The van der Waals surface area contributed by atoms with Crippen LogP contribution in [0.15, 0.2) is 30.3 Å². The van der Waals surface area contributed by atoms with Crippen LogP contribution < -0.4 is 10.4 Å². The van der Waals surface area contributed by atoms with Gasteiger partial charge in [-0.25, -0.2) is 22.0 Å². The zero-order valence-electron chi connectivity index (χ0n) is 81.5. The third-order valence-electron chi connectivity index (χ3n) is 23.8. The lowest BCUT2D eigenvalue weighted by Crippen LogP contribution is -2.44. The average molecular weight is 1740 g/mol. The van der Waals surface area contributed by atoms with Gasteiger partial charge in [-0.1, -0.05) is 459 Å². The van der Waals surface area contributed by atoms with E-state index >= 15 is 0 Å². The van der Waals surface area contributed by atoms with Crippen LogP contribution in [0, 0.1) is 46.8 Å². The molecule has 2 aromatic rings. The van der Waals surface area contributed by atoms with Gasteiger partial charge in [0.15, 0.2) is 23.3 Å². The van der Waals surface area contributed by atoms with Gasteiger partial charge >= 0.3 is 6.18 Å². The molecule has 0 nitrogen and oxygen atoms in total. The van der Waals surface area contributed by atoms with Crippen LogP contribution in [0.4, 0.5) is 35.1 Å². The van der Waals surface area contributed by atoms with Crippen molar-refractivity contribution in [3.63, 3.8) is 0 Å². The quantitative estimate of drug-likeness (QED) is 0.0722. The van der Waals surface area contributed by atoms with Gasteiger partial charge in [0, 0.05) is 84.3 Å². The summed E-state index contributed by atoms with van der Waals surface area (Å²) in [7, 11) is -11.6. The molecule has 1 heterocycles. The number of rotatable bonds is 15. The summed E-state index contributed by atoms with van der Waals surface area (Å²) in [6.07, 6.45) is 10.9. The molecule has 3 unspecified atom stereocenters. The van der Waals surface area contributed by atoms with Crippen molar-refractivity contribution in [3.05, 3.63) is 59.4 Å². The van der Waals surface area contributed by atoms with E-state index in [1.54, 1.807) is 37.8 Å². The molecule has 0 N–H and O–H groups in total. The number of hydrogen-bond acceptors (Lipinski definition) is 0. The highest BCUT2D eigenvalue weighted by Crippen LogP contribution is 2.55. The number of benzene rings is 2. The second-order valence-electron chi connectivity index (χ2n) is 47.1. The fourth-order valence-electron chi connectivity index (χ4n) is 12.9. The molecule has 2 bridgehead atoms. The molecular formula is C88H192F8Si12. The van der Waals surface area contributed by atoms with Crippen LogP contribution in [-0.4, -0.2) is 103 Å². The molecule has 108 heavy (non-hydrogen) atoms. The van der Waals surface area contributed by atoms with Crippen molar-refractivity contribution >= 4 is 107 Å². The van der Waals surface area contributed by atoms with Gasteiger partial charge in [0.2, 0.25) is 5.82 Å². The zero-order chi connectivity index (χ0) is 87.6. The molecule has 0 spiro atoms. The van der Waals surface area contributed by atoms with E-state index in [0.717, 1.165) is 39.9 Å². The summed E-state index contributed by atoms with van der Waals surface area (Å²) in [5.41, 5.74) is 5.08. The monoisotopic (exact) mass is 1740 g/mol. The molecule has 0 radical (unpaired) electrons. The predicted octanol–water partition coefficient (Wildman–Crippen LogP) is 35.5. The summed E-state index contributed by atoms with van der Waals surface area (Å²) in [5.74, 6) is -6.04. The van der Waals surface area contributed by atoms with Crippen molar-refractivity contribution in [2.75, 3.05) is 0 Å². The van der Waals surface area contributed by atoms with E-state index in [2.05, 4.69) is 304 Å². The molecule has 0 aromatic heterocycles. The molecule has 4 fully saturated rings. The molecule has 3 aliphatic carbocycles. The normalized spacial score (nSPS) is 17.7. The Morgan fingerprint density at radius 3 is 0.907 bits per heavy atom. The van der Waals surface area contributed by atoms with Crippen molar-refractivity contribution < 1.29 is 35.1 Å². The van der Waals surface area contributed by atoms with Crippen molar-refractivity contribution in [1.82, 2.24) is 0 Å². The molecule has 1 aliphatic heterocycles. The second-order valence-corrected chi connectivity index (χ2v) is 114. The summed E-state index contributed by atoms with van der Waals surface area (Å²) >= 11 is 0. The van der Waals surface area contributed by atoms with Crippen LogP contribution in [0.1, 0.15) is 174 Å². The first-order valence-electron chi connectivity index (χ1n) is 43.3. The van der Waals surface area contributed by atoms with E-state index in [1.807, 2.05) is 19.6 Å². The van der Waals surface area contributed by atoms with Crippen molar-refractivity contribution in [3.8, 4) is 0 Å². The highest BCUT2D eigenvalue weighted by atomic mass is 28.3. The van der Waals surface area contributed by atoms with Crippen LogP contribution in [0.25, 0.3) is 0 Å². The maximum absolute atomic E-state index is 13.2. The van der Waals surface area contributed by atoms with Crippen molar-refractivity contribution in [2.45, 2.75) is 471 Å². The maximum atomic E-state index is 13.2. The molecule has 2 aromatic carbocycles.